The normalized spacial score (nSPS) is 10.5. The van der Waals surface area contributed by atoms with Crippen LogP contribution in [0.1, 0.15) is 21.8 Å². The van der Waals surface area contributed by atoms with Crippen molar-refractivity contribution in [3.8, 4) is 0 Å². The number of hydrogen-bond donors (Lipinski definition) is 1. The fourth-order valence-electron chi connectivity index (χ4n) is 3.02. The number of amides is 1. The lowest BCUT2D eigenvalue weighted by molar-refractivity contribution is 0.102. The first kappa shape index (κ1) is 18.4. The molecule has 144 valence electrons. The lowest BCUT2D eigenvalue weighted by Gasteiger charge is -2.25. The number of aryl methyl sites for hydroxylation is 1. The molecule has 0 aliphatic carbocycles. The zero-order valence-electron chi connectivity index (χ0n) is 15.9. The molecule has 0 radical (unpaired) electrons. The zero-order chi connectivity index (χ0) is 20.1. The van der Waals surface area contributed by atoms with Gasteiger partial charge in [-0.15, -0.1) is 0 Å². The SMILES string of the molecule is Cc1cc(NC(=O)c2cc(N(Cc3ccccc3)c3ccccc3)ccn2)no1. The third-order valence-corrected chi connectivity index (χ3v) is 4.41. The number of nitrogens with zero attached hydrogens (tertiary/aromatic N) is 3. The van der Waals surface area contributed by atoms with Crippen LogP contribution in [-0.2, 0) is 6.54 Å². The Kier molecular flexibility index (Phi) is 5.33. The first-order valence-corrected chi connectivity index (χ1v) is 9.26. The van der Waals surface area contributed by atoms with Crippen LogP contribution in [0.5, 0.6) is 0 Å². The van der Waals surface area contributed by atoms with Crippen LogP contribution in [0.3, 0.4) is 0 Å². The van der Waals surface area contributed by atoms with Crippen molar-refractivity contribution in [2.45, 2.75) is 13.5 Å². The molecular weight excluding hydrogens is 364 g/mol. The Balaban J connectivity index is 1.64. The van der Waals surface area contributed by atoms with Gasteiger partial charge in [0.2, 0.25) is 0 Å². The van der Waals surface area contributed by atoms with E-state index in [2.05, 4.69) is 32.5 Å². The van der Waals surface area contributed by atoms with Crippen molar-refractivity contribution in [1.82, 2.24) is 10.1 Å². The van der Waals surface area contributed by atoms with Gasteiger partial charge < -0.3 is 14.7 Å². The number of hydrogen-bond acceptors (Lipinski definition) is 5. The van der Waals surface area contributed by atoms with Gasteiger partial charge in [0.25, 0.3) is 5.91 Å². The Hall–Kier alpha value is -3.93. The zero-order valence-corrected chi connectivity index (χ0v) is 15.9. The minimum Gasteiger partial charge on any atom is -0.360 e. The molecule has 0 atom stereocenters. The topological polar surface area (TPSA) is 71.3 Å². The maximum atomic E-state index is 12.6. The Morgan fingerprint density at radius 2 is 1.69 bits per heavy atom. The summed E-state index contributed by atoms with van der Waals surface area (Å²) in [6.45, 7) is 2.43. The molecule has 0 spiro atoms. The highest BCUT2D eigenvalue weighted by Crippen LogP contribution is 2.27. The van der Waals surface area contributed by atoms with Crippen molar-refractivity contribution in [3.63, 3.8) is 0 Å². The molecule has 1 amide bonds. The van der Waals surface area contributed by atoms with Crippen molar-refractivity contribution in [3.05, 3.63) is 102 Å². The van der Waals surface area contributed by atoms with Crippen LogP contribution < -0.4 is 10.2 Å². The minimum atomic E-state index is -0.340. The van der Waals surface area contributed by atoms with E-state index in [0.29, 0.717) is 23.8 Å². The average molecular weight is 384 g/mol. The second-order valence-corrected chi connectivity index (χ2v) is 6.58. The predicted octanol–water partition coefficient (Wildman–Crippen LogP) is 4.97. The Morgan fingerprint density at radius 1 is 0.966 bits per heavy atom. The van der Waals surface area contributed by atoms with Crippen molar-refractivity contribution in [1.29, 1.82) is 0 Å². The summed E-state index contributed by atoms with van der Waals surface area (Å²) in [6.07, 6.45) is 1.64. The summed E-state index contributed by atoms with van der Waals surface area (Å²) in [5, 5.41) is 6.51. The van der Waals surface area contributed by atoms with E-state index in [1.807, 2.05) is 54.6 Å². The second kappa shape index (κ2) is 8.39. The Labute approximate surface area is 168 Å². The van der Waals surface area contributed by atoms with Crippen molar-refractivity contribution >= 4 is 23.1 Å². The number of benzene rings is 2. The third kappa shape index (κ3) is 4.50. The third-order valence-electron chi connectivity index (χ3n) is 4.41. The lowest BCUT2D eigenvalue weighted by atomic mass is 10.1. The van der Waals surface area contributed by atoms with Crippen molar-refractivity contribution in [2.75, 3.05) is 10.2 Å². The predicted molar refractivity (Wildman–Crippen MR) is 112 cm³/mol. The van der Waals surface area contributed by atoms with Crippen LogP contribution >= 0.6 is 0 Å². The summed E-state index contributed by atoms with van der Waals surface area (Å²) in [6, 6.07) is 25.6. The van der Waals surface area contributed by atoms with E-state index in [9.17, 15) is 4.79 Å². The number of pyridine rings is 1. The second-order valence-electron chi connectivity index (χ2n) is 6.58. The monoisotopic (exact) mass is 384 g/mol. The molecule has 0 fully saturated rings. The fraction of sp³-hybridized carbons (Fsp3) is 0.0870. The Morgan fingerprint density at radius 3 is 2.38 bits per heavy atom. The summed E-state index contributed by atoms with van der Waals surface area (Å²) in [5.41, 5.74) is 3.37. The van der Waals surface area contributed by atoms with Gasteiger partial charge in [-0.3, -0.25) is 9.78 Å². The Bertz CT molecular complexity index is 1090. The molecule has 0 saturated carbocycles. The van der Waals surface area contributed by atoms with Gasteiger partial charge in [-0.2, -0.15) is 0 Å². The molecule has 29 heavy (non-hydrogen) atoms. The van der Waals surface area contributed by atoms with E-state index in [0.717, 1.165) is 16.9 Å². The van der Waals surface area contributed by atoms with E-state index in [-0.39, 0.29) is 5.91 Å². The van der Waals surface area contributed by atoms with Crippen LogP contribution in [0, 0.1) is 6.92 Å². The smallest absolute Gasteiger partial charge is 0.275 e. The van der Waals surface area contributed by atoms with Gasteiger partial charge in [-0.1, -0.05) is 53.7 Å². The largest absolute Gasteiger partial charge is 0.360 e. The van der Waals surface area contributed by atoms with Gasteiger partial charge >= 0.3 is 0 Å². The maximum Gasteiger partial charge on any atom is 0.275 e. The summed E-state index contributed by atoms with van der Waals surface area (Å²) in [7, 11) is 0. The van der Waals surface area contributed by atoms with E-state index < -0.39 is 0 Å². The molecule has 6 heteroatoms. The summed E-state index contributed by atoms with van der Waals surface area (Å²) >= 11 is 0. The molecule has 0 saturated heterocycles. The summed E-state index contributed by atoms with van der Waals surface area (Å²) < 4.78 is 4.99. The quantitative estimate of drug-likeness (QED) is 0.508. The molecule has 2 aromatic carbocycles. The van der Waals surface area contributed by atoms with Crippen LogP contribution in [0.4, 0.5) is 17.2 Å². The molecule has 0 bridgehead atoms. The molecule has 4 rings (SSSR count). The highest BCUT2D eigenvalue weighted by Gasteiger charge is 2.15. The molecule has 2 aromatic heterocycles. The van der Waals surface area contributed by atoms with Crippen LogP contribution in [-0.4, -0.2) is 16.0 Å². The van der Waals surface area contributed by atoms with E-state index in [4.69, 9.17) is 4.52 Å². The van der Waals surface area contributed by atoms with Crippen LogP contribution in [0.25, 0.3) is 0 Å². The number of aromatic nitrogens is 2. The molecule has 2 heterocycles. The van der Waals surface area contributed by atoms with E-state index in [1.165, 1.54) is 0 Å². The molecule has 0 unspecified atom stereocenters. The van der Waals surface area contributed by atoms with Gasteiger partial charge in [0, 0.05) is 30.2 Å². The van der Waals surface area contributed by atoms with Gasteiger partial charge in [-0.05, 0) is 36.8 Å². The highest BCUT2D eigenvalue weighted by molar-refractivity contribution is 6.02. The summed E-state index contributed by atoms with van der Waals surface area (Å²) in [5.74, 6) is 0.650. The van der Waals surface area contributed by atoms with Gasteiger partial charge in [0.05, 0.1) is 0 Å². The van der Waals surface area contributed by atoms with Gasteiger partial charge in [0.15, 0.2) is 5.82 Å². The van der Waals surface area contributed by atoms with Crippen molar-refractivity contribution < 1.29 is 9.32 Å². The number of carbonyl (C=O) groups excluding carboxylic acids is 1. The number of rotatable bonds is 6. The standard InChI is InChI=1S/C23H20N4O2/c1-17-14-22(26-29-17)25-23(28)21-15-20(12-13-24-21)27(19-10-6-3-7-11-19)16-18-8-4-2-5-9-18/h2-15H,16H2,1H3,(H,25,26,28). The summed E-state index contributed by atoms with van der Waals surface area (Å²) in [4.78, 5) is 19.0. The first-order chi connectivity index (χ1) is 14.2. The molecule has 6 nitrogen and oxygen atoms in total. The number of anilines is 3. The van der Waals surface area contributed by atoms with Gasteiger partial charge in [-0.25, -0.2) is 0 Å². The number of nitrogens with one attached hydrogen (secondary N) is 1. The maximum absolute atomic E-state index is 12.6. The van der Waals surface area contributed by atoms with Crippen LogP contribution in [0.2, 0.25) is 0 Å². The van der Waals surface area contributed by atoms with E-state index in [1.54, 1.807) is 25.3 Å². The van der Waals surface area contributed by atoms with Crippen molar-refractivity contribution in [2.24, 2.45) is 0 Å². The minimum absolute atomic E-state index is 0.303. The molecule has 0 aliphatic rings. The number of para-hydroxylation sites is 1. The molecule has 4 aromatic rings. The van der Waals surface area contributed by atoms with Crippen LogP contribution in [0.15, 0.2) is 89.6 Å². The molecular formula is C23H20N4O2. The molecule has 0 aliphatic heterocycles. The van der Waals surface area contributed by atoms with Gasteiger partial charge in [0.1, 0.15) is 11.5 Å². The van der Waals surface area contributed by atoms with E-state index >= 15 is 0 Å². The highest BCUT2D eigenvalue weighted by atomic mass is 16.5. The number of carbonyl (C=O) groups is 1. The molecule has 1 N–H and O–H groups in total. The average Bonchev–Trinajstić information content (AvgIpc) is 3.18. The lowest BCUT2D eigenvalue weighted by Crippen LogP contribution is -2.19. The fourth-order valence-corrected chi connectivity index (χ4v) is 3.02. The first-order valence-electron chi connectivity index (χ1n) is 9.26.